The molecule has 0 aliphatic rings. The van der Waals surface area contributed by atoms with Gasteiger partial charge < -0.3 is 0 Å². The largest absolute Gasteiger partial charge is 0.240 e. The number of halogens is 3. The van der Waals surface area contributed by atoms with Crippen LogP contribution in [-0.2, 0) is 10.0 Å². The summed E-state index contributed by atoms with van der Waals surface area (Å²) in [6, 6.07) is 2.54. The van der Waals surface area contributed by atoms with Gasteiger partial charge in [0, 0.05) is 11.9 Å². The van der Waals surface area contributed by atoms with Crippen molar-refractivity contribution in [3.05, 3.63) is 29.8 Å². The lowest BCUT2D eigenvalue weighted by atomic mass is 9.88. The minimum atomic E-state index is -3.83. The van der Waals surface area contributed by atoms with Gasteiger partial charge in [0.2, 0.25) is 10.0 Å². The van der Waals surface area contributed by atoms with Crippen molar-refractivity contribution < 1.29 is 17.2 Å². The molecule has 20 heavy (non-hydrogen) atoms. The van der Waals surface area contributed by atoms with E-state index < -0.39 is 21.7 Å². The third-order valence-corrected chi connectivity index (χ3v) is 4.89. The van der Waals surface area contributed by atoms with E-state index in [2.05, 4.69) is 20.7 Å². The summed E-state index contributed by atoms with van der Waals surface area (Å²) in [5.74, 6) is -2.24. The van der Waals surface area contributed by atoms with E-state index in [1.807, 2.05) is 13.8 Å². The predicted molar refractivity (Wildman–Crippen MR) is 78.4 cm³/mol. The van der Waals surface area contributed by atoms with Crippen molar-refractivity contribution in [2.75, 3.05) is 11.9 Å². The van der Waals surface area contributed by atoms with Crippen LogP contribution in [0.2, 0.25) is 0 Å². The molecule has 114 valence electrons. The van der Waals surface area contributed by atoms with Gasteiger partial charge in [-0.05, 0) is 36.5 Å². The van der Waals surface area contributed by atoms with Crippen molar-refractivity contribution >= 4 is 26.0 Å². The highest BCUT2D eigenvalue weighted by Crippen LogP contribution is 2.23. The third-order valence-electron chi connectivity index (χ3n) is 2.93. The molecule has 0 spiro atoms. The van der Waals surface area contributed by atoms with Crippen molar-refractivity contribution in [3.63, 3.8) is 0 Å². The molecule has 0 fully saturated rings. The number of rotatable bonds is 7. The van der Waals surface area contributed by atoms with Crippen LogP contribution >= 0.6 is 15.9 Å². The average molecular weight is 370 g/mol. The zero-order valence-corrected chi connectivity index (χ0v) is 13.8. The maximum absolute atomic E-state index is 13.1. The van der Waals surface area contributed by atoms with Crippen LogP contribution in [0.1, 0.15) is 26.7 Å². The quantitative estimate of drug-likeness (QED) is 0.748. The lowest BCUT2D eigenvalue weighted by Gasteiger charge is -2.24. The Morgan fingerprint density at radius 3 is 2.45 bits per heavy atom. The smallest absolute Gasteiger partial charge is 0.211 e. The van der Waals surface area contributed by atoms with Crippen LogP contribution in [0.15, 0.2) is 23.1 Å². The van der Waals surface area contributed by atoms with Gasteiger partial charge in [-0.3, -0.25) is 0 Å². The molecular weight excluding hydrogens is 352 g/mol. The fourth-order valence-corrected chi connectivity index (χ4v) is 3.19. The molecule has 0 atom stereocenters. The first-order valence-electron chi connectivity index (χ1n) is 6.19. The maximum atomic E-state index is 13.1. The van der Waals surface area contributed by atoms with Crippen molar-refractivity contribution in [2.24, 2.45) is 5.41 Å². The average Bonchev–Trinajstić information content (AvgIpc) is 2.37. The van der Waals surface area contributed by atoms with E-state index in [9.17, 15) is 17.2 Å². The number of nitrogens with one attached hydrogen (secondary N) is 1. The molecule has 0 unspecified atom stereocenters. The summed E-state index contributed by atoms with van der Waals surface area (Å²) < 4.78 is 52.3. The molecule has 3 nitrogen and oxygen atoms in total. The van der Waals surface area contributed by atoms with Gasteiger partial charge in [-0.15, -0.1) is 0 Å². The Bertz CT molecular complexity index is 561. The SMILES string of the molecule is CC(C)(CCCBr)CNS(=O)(=O)c1ccc(F)c(F)c1. The second kappa shape index (κ2) is 6.95. The van der Waals surface area contributed by atoms with Crippen LogP contribution in [-0.4, -0.2) is 20.3 Å². The molecule has 0 amide bonds. The van der Waals surface area contributed by atoms with Crippen molar-refractivity contribution in [3.8, 4) is 0 Å². The Morgan fingerprint density at radius 1 is 1.25 bits per heavy atom. The Balaban J connectivity index is 2.77. The minimum absolute atomic E-state index is 0.209. The van der Waals surface area contributed by atoms with E-state index in [0.717, 1.165) is 30.3 Å². The highest BCUT2D eigenvalue weighted by molar-refractivity contribution is 9.09. The lowest BCUT2D eigenvalue weighted by molar-refractivity contribution is 0.332. The van der Waals surface area contributed by atoms with Gasteiger partial charge in [0.05, 0.1) is 4.90 Å². The Kier molecular flexibility index (Phi) is 6.09. The molecule has 1 rings (SSSR count). The van der Waals surface area contributed by atoms with Crippen LogP contribution in [0, 0.1) is 17.0 Å². The number of hydrogen-bond acceptors (Lipinski definition) is 2. The predicted octanol–water partition coefficient (Wildman–Crippen LogP) is 3.44. The van der Waals surface area contributed by atoms with Crippen LogP contribution in [0.3, 0.4) is 0 Å². The summed E-state index contributed by atoms with van der Waals surface area (Å²) in [5.41, 5.74) is -0.209. The molecule has 7 heteroatoms. The molecule has 0 aliphatic carbocycles. The van der Waals surface area contributed by atoms with E-state index in [4.69, 9.17) is 0 Å². The summed E-state index contributed by atoms with van der Waals surface area (Å²) in [5, 5.41) is 0.854. The first kappa shape index (κ1) is 17.5. The van der Waals surface area contributed by atoms with Gasteiger partial charge in [-0.25, -0.2) is 21.9 Å². The summed E-state index contributed by atoms with van der Waals surface area (Å²) in [4.78, 5) is -0.271. The molecular formula is C13H18BrF2NO2S. The van der Waals surface area contributed by atoms with E-state index in [1.54, 1.807) is 0 Å². The van der Waals surface area contributed by atoms with Gasteiger partial charge in [0.1, 0.15) is 0 Å². The molecule has 1 N–H and O–H groups in total. The number of alkyl halides is 1. The highest BCUT2D eigenvalue weighted by atomic mass is 79.9. The zero-order chi connectivity index (χ0) is 15.4. The molecule has 0 saturated heterocycles. The molecule has 0 saturated carbocycles. The van der Waals surface area contributed by atoms with Crippen LogP contribution < -0.4 is 4.72 Å². The summed E-state index contributed by atoms with van der Waals surface area (Å²) in [6.07, 6.45) is 1.78. The topological polar surface area (TPSA) is 46.2 Å². The minimum Gasteiger partial charge on any atom is -0.211 e. The van der Waals surface area contributed by atoms with Crippen molar-refractivity contribution in [2.45, 2.75) is 31.6 Å². The molecule has 1 aromatic carbocycles. The number of hydrogen-bond donors (Lipinski definition) is 1. The van der Waals surface area contributed by atoms with Gasteiger partial charge >= 0.3 is 0 Å². The number of benzene rings is 1. The third kappa shape index (κ3) is 5.10. The normalized spacial score (nSPS) is 12.7. The Morgan fingerprint density at radius 2 is 1.90 bits per heavy atom. The standard InChI is InChI=1S/C13H18BrF2NO2S/c1-13(2,6-3-7-14)9-17-20(18,19)10-4-5-11(15)12(16)8-10/h4-5,8,17H,3,6-7,9H2,1-2H3. The fourth-order valence-electron chi connectivity index (χ4n) is 1.65. The van der Waals surface area contributed by atoms with Crippen molar-refractivity contribution in [1.29, 1.82) is 0 Å². The van der Waals surface area contributed by atoms with Crippen LogP contribution in [0.25, 0.3) is 0 Å². The fraction of sp³-hybridized carbons (Fsp3) is 0.538. The summed E-state index contributed by atoms with van der Waals surface area (Å²) >= 11 is 3.33. The molecule has 0 heterocycles. The van der Waals surface area contributed by atoms with Crippen molar-refractivity contribution in [1.82, 2.24) is 4.72 Å². The van der Waals surface area contributed by atoms with E-state index >= 15 is 0 Å². The first-order valence-corrected chi connectivity index (χ1v) is 8.79. The summed E-state index contributed by atoms with van der Waals surface area (Å²) in [6.45, 7) is 4.13. The first-order chi connectivity index (χ1) is 9.18. The van der Waals surface area contributed by atoms with Crippen LogP contribution in [0.4, 0.5) is 8.78 Å². The van der Waals surface area contributed by atoms with E-state index in [0.29, 0.717) is 6.07 Å². The second-order valence-corrected chi connectivity index (χ2v) is 7.92. The number of sulfonamides is 1. The Hall–Kier alpha value is -0.530. The zero-order valence-electron chi connectivity index (χ0n) is 11.4. The molecule has 0 radical (unpaired) electrons. The summed E-state index contributed by atoms with van der Waals surface area (Å²) in [7, 11) is -3.83. The maximum Gasteiger partial charge on any atom is 0.240 e. The highest BCUT2D eigenvalue weighted by Gasteiger charge is 2.22. The Labute approximate surface area is 126 Å². The van der Waals surface area contributed by atoms with E-state index in [-0.39, 0.29) is 16.9 Å². The van der Waals surface area contributed by atoms with Gasteiger partial charge in [0.15, 0.2) is 11.6 Å². The molecule has 0 aromatic heterocycles. The van der Waals surface area contributed by atoms with E-state index in [1.165, 1.54) is 0 Å². The molecule has 0 bridgehead atoms. The second-order valence-electron chi connectivity index (χ2n) is 5.36. The van der Waals surface area contributed by atoms with Crippen LogP contribution in [0.5, 0.6) is 0 Å². The van der Waals surface area contributed by atoms with Gasteiger partial charge in [0.25, 0.3) is 0 Å². The molecule has 0 aliphatic heterocycles. The lowest BCUT2D eigenvalue weighted by Crippen LogP contribution is -2.34. The van der Waals surface area contributed by atoms with Gasteiger partial charge in [-0.1, -0.05) is 29.8 Å². The molecule has 1 aromatic rings. The monoisotopic (exact) mass is 369 g/mol. The van der Waals surface area contributed by atoms with Gasteiger partial charge in [-0.2, -0.15) is 0 Å².